The summed E-state index contributed by atoms with van der Waals surface area (Å²) in [7, 11) is -3.74. The maximum absolute atomic E-state index is 14.4. The summed E-state index contributed by atoms with van der Waals surface area (Å²) >= 11 is 1.10. The van der Waals surface area contributed by atoms with Crippen LogP contribution in [0, 0.1) is 5.82 Å². The Morgan fingerprint density at radius 1 is 1.11 bits per heavy atom. The van der Waals surface area contributed by atoms with E-state index in [0.717, 1.165) is 22.4 Å². The molecule has 1 saturated heterocycles. The van der Waals surface area contributed by atoms with Crippen molar-refractivity contribution in [3.05, 3.63) is 66.1 Å². The van der Waals surface area contributed by atoms with Crippen LogP contribution in [0.3, 0.4) is 0 Å². The SMILES string of the molecule is C[C@H](C(=O)N1CCN(c2ccc(S(=O)(=O)Nc3nncs3)cc2)CC1)n1ccc2cccc(F)c21.[HH].[HH]. The van der Waals surface area contributed by atoms with Crippen LogP contribution >= 0.6 is 11.3 Å². The van der Waals surface area contributed by atoms with Gasteiger partial charge < -0.3 is 14.4 Å². The van der Waals surface area contributed by atoms with Gasteiger partial charge in [-0.05, 0) is 43.3 Å². The Kier molecular flexibility index (Phi) is 6.15. The molecule has 0 aliphatic carbocycles. The third-order valence-corrected chi connectivity index (χ3v) is 8.24. The first kappa shape index (κ1) is 23.2. The standard InChI is InChI=1S/C23H23FN6O3S2.2H2/c1-16(30-10-9-17-3-2-4-20(24)21(17)30)22(31)29-13-11-28(12-14-29)18-5-7-19(8-6-18)35(32,33)27-23-26-25-15-34-23;;/h2-10,15-16H,11-14H2,1H3,(H,26,27);2*1H/t16-;;/m1../s1. The number of nitrogens with zero attached hydrogens (tertiary/aromatic N) is 5. The van der Waals surface area contributed by atoms with Crippen molar-refractivity contribution in [1.82, 2.24) is 19.7 Å². The molecule has 12 heteroatoms. The van der Waals surface area contributed by atoms with Crippen molar-refractivity contribution in [2.45, 2.75) is 17.9 Å². The maximum atomic E-state index is 14.4. The van der Waals surface area contributed by atoms with E-state index in [-0.39, 0.29) is 24.6 Å². The van der Waals surface area contributed by atoms with Crippen molar-refractivity contribution < 1.29 is 20.5 Å². The molecule has 2 aromatic heterocycles. The molecule has 1 aliphatic rings. The summed E-state index contributed by atoms with van der Waals surface area (Å²) in [5.74, 6) is -0.407. The molecule has 186 valence electrons. The molecule has 0 radical (unpaired) electrons. The molecule has 5 rings (SSSR count). The van der Waals surface area contributed by atoms with Crippen LogP contribution in [0.1, 0.15) is 15.8 Å². The van der Waals surface area contributed by atoms with Crippen molar-refractivity contribution in [1.29, 1.82) is 0 Å². The summed E-state index contributed by atoms with van der Waals surface area (Å²) in [5, 5.41) is 8.30. The minimum absolute atomic E-state index is 0. The Balaban J connectivity index is 0.00000190. The summed E-state index contributed by atoms with van der Waals surface area (Å²) in [6, 6.07) is 12.8. The number of hydrogen-bond acceptors (Lipinski definition) is 7. The van der Waals surface area contributed by atoms with Crippen molar-refractivity contribution in [3.8, 4) is 0 Å². The minimum atomic E-state index is -3.74. The molecule has 0 unspecified atom stereocenters. The Bertz CT molecular complexity index is 1460. The predicted octanol–water partition coefficient (Wildman–Crippen LogP) is 3.83. The number of carbonyl (C=O) groups is 1. The molecule has 0 bridgehead atoms. The second kappa shape index (κ2) is 9.27. The van der Waals surface area contributed by atoms with Gasteiger partial charge in [-0.1, -0.05) is 23.5 Å². The largest absolute Gasteiger partial charge is 0.368 e. The van der Waals surface area contributed by atoms with E-state index in [9.17, 15) is 17.6 Å². The van der Waals surface area contributed by atoms with Gasteiger partial charge in [0, 0.05) is 46.3 Å². The molecule has 35 heavy (non-hydrogen) atoms. The Morgan fingerprint density at radius 2 is 1.86 bits per heavy atom. The van der Waals surface area contributed by atoms with Crippen molar-refractivity contribution in [3.63, 3.8) is 0 Å². The molecule has 1 N–H and O–H groups in total. The van der Waals surface area contributed by atoms with E-state index < -0.39 is 16.1 Å². The van der Waals surface area contributed by atoms with Gasteiger partial charge in [0.2, 0.25) is 11.0 Å². The Labute approximate surface area is 208 Å². The Morgan fingerprint density at radius 3 is 2.54 bits per heavy atom. The number of carbonyl (C=O) groups excluding carboxylic acids is 1. The molecule has 1 aliphatic heterocycles. The molecule has 2 aromatic carbocycles. The normalized spacial score (nSPS) is 15.4. The number of rotatable bonds is 6. The number of nitrogens with one attached hydrogen (secondary N) is 1. The van der Waals surface area contributed by atoms with E-state index in [4.69, 9.17) is 0 Å². The molecule has 9 nitrogen and oxygen atoms in total. The summed E-state index contributed by atoms with van der Waals surface area (Å²) < 4.78 is 43.5. The second-order valence-corrected chi connectivity index (χ2v) is 10.7. The molecular formula is C23H27FN6O3S2. The highest BCUT2D eigenvalue weighted by Gasteiger charge is 2.27. The summed E-state index contributed by atoms with van der Waals surface area (Å²) in [6.45, 7) is 4.03. The summed E-state index contributed by atoms with van der Waals surface area (Å²) in [6.07, 6.45) is 1.75. The average molecular weight is 519 g/mol. The lowest BCUT2D eigenvalue weighted by atomic mass is 10.2. The number of halogens is 1. The monoisotopic (exact) mass is 518 g/mol. The number of amides is 1. The van der Waals surface area contributed by atoms with Crippen LogP contribution in [0.15, 0.2) is 65.1 Å². The first-order valence-electron chi connectivity index (χ1n) is 11.0. The van der Waals surface area contributed by atoms with Gasteiger partial charge in [0.1, 0.15) is 17.4 Å². The van der Waals surface area contributed by atoms with E-state index >= 15 is 0 Å². The molecule has 1 amide bonds. The van der Waals surface area contributed by atoms with Crippen molar-refractivity contribution in [2.24, 2.45) is 0 Å². The van der Waals surface area contributed by atoms with Gasteiger partial charge in [-0.25, -0.2) is 12.8 Å². The number of anilines is 2. The van der Waals surface area contributed by atoms with E-state index in [1.54, 1.807) is 52.9 Å². The lowest BCUT2D eigenvalue weighted by molar-refractivity contribution is -0.134. The van der Waals surface area contributed by atoms with Crippen LogP contribution < -0.4 is 9.62 Å². The van der Waals surface area contributed by atoms with E-state index in [0.29, 0.717) is 31.7 Å². The molecule has 4 aromatic rings. The number of sulfonamides is 1. The smallest absolute Gasteiger partial charge is 0.263 e. The minimum Gasteiger partial charge on any atom is -0.368 e. The predicted molar refractivity (Wildman–Crippen MR) is 137 cm³/mol. The first-order chi connectivity index (χ1) is 16.8. The van der Waals surface area contributed by atoms with Gasteiger partial charge in [0.15, 0.2) is 0 Å². The fourth-order valence-electron chi connectivity index (χ4n) is 4.29. The highest BCUT2D eigenvalue weighted by molar-refractivity contribution is 7.93. The van der Waals surface area contributed by atoms with Gasteiger partial charge in [0.05, 0.1) is 10.4 Å². The summed E-state index contributed by atoms with van der Waals surface area (Å²) in [4.78, 5) is 17.2. The molecule has 0 saturated carbocycles. The third kappa shape index (κ3) is 4.58. The number of piperazine rings is 1. The zero-order valence-corrected chi connectivity index (χ0v) is 20.5. The zero-order chi connectivity index (χ0) is 24.6. The van der Waals surface area contributed by atoms with Crippen LogP contribution in [0.5, 0.6) is 0 Å². The topological polar surface area (TPSA) is 100 Å². The van der Waals surface area contributed by atoms with Crippen LogP contribution in [-0.2, 0) is 14.8 Å². The molecule has 3 heterocycles. The number of hydrogen-bond donors (Lipinski definition) is 1. The van der Waals surface area contributed by atoms with E-state index in [1.807, 2.05) is 12.1 Å². The van der Waals surface area contributed by atoms with Crippen LogP contribution in [0.2, 0.25) is 0 Å². The Hall–Kier alpha value is -3.51. The number of aromatic nitrogens is 3. The van der Waals surface area contributed by atoms with Crippen LogP contribution in [0.25, 0.3) is 10.9 Å². The quantitative estimate of drug-likeness (QED) is 0.416. The lowest BCUT2D eigenvalue weighted by Gasteiger charge is -2.37. The molecular weight excluding hydrogens is 491 g/mol. The van der Waals surface area contributed by atoms with Crippen molar-refractivity contribution in [2.75, 3.05) is 35.8 Å². The molecule has 1 atom stereocenters. The van der Waals surface area contributed by atoms with Gasteiger partial charge >= 0.3 is 0 Å². The number of benzene rings is 2. The van der Waals surface area contributed by atoms with Gasteiger partial charge in [-0.3, -0.25) is 9.52 Å². The van der Waals surface area contributed by atoms with E-state index in [2.05, 4.69) is 19.8 Å². The first-order valence-corrected chi connectivity index (χ1v) is 13.4. The average Bonchev–Trinajstić information content (AvgIpc) is 3.54. The molecule has 0 spiro atoms. The van der Waals surface area contributed by atoms with Crippen molar-refractivity contribution >= 4 is 49.0 Å². The zero-order valence-electron chi connectivity index (χ0n) is 18.8. The van der Waals surface area contributed by atoms with Gasteiger partial charge in [0.25, 0.3) is 10.0 Å². The second-order valence-electron chi connectivity index (χ2n) is 8.23. The number of fused-ring (bicyclic) bond motifs is 1. The lowest BCUT2D eigenvalue weighted by Crippen LogP contribution is -2.50. The van der Waals surface area contributed by atoms with Crippen LogP contribution in [-0.4, -0.2) is 60.2 Å². The van der Waals surface area contributed by atoms with Crippen LogP contribution in [0.4, 0.5) is 15.2 Å². The highest BCUT2D eigenvalue weighted by Crippen LogP contribution is 2.26. The number of para-hydroxylation sites is 1. The molecule has 1 fully saturated rings. The van der Waals surface area contributed by atoms with Gasteiger partial charge in [-0.2, -0.15) is 0 Å². The highest BCUT2D eigenvalue weighted by atomic mass is 32.2. The fraction of sp³-hybridized carbons (Fsp3) is 0.261. The summed E-state index contributed by atoms with van der Waals surface area (Å²) in [5.41, 5.74) is 2.76. The maximum Gasteiger partial charge on any atom is 0.263 e. The van der Waals surface area contributed by atoms with E-state index in [1.165, 1.54) is 11.6 Å². The fourth-order valence-corrected chi connectivity index (χ4v) is 5.99. The van der Waals surface area contributed by atoms with Gasteiger partial charge in [-0.15, -0.1) is 10.2 Å². The third-order valence-electron chi connectivity index (χ3n) is 6.15.